The zero-order chi connectivity index (χ0) is 16.4. The molecule has 3 aromatic heterocycles. The summed E-state index contributed by atoms with van der Waals surface area (Å²) in [5.41, 5.74) is 1.04. The molecule has 0 spiro atoms. The highest BCUT2D eigenvalue weighted by molar-refractivity contribution is 5.43. The van der Waals surface area contributed by atoms with Crippen molar-refractivity contribution >= 4 is 11.3 Å². The maximum atomic E-state index is 12.0. The molecule has 0 saturated heterocycles. The molecule has 0 aliphatic heterocycles. The van der Waals surface area contributed by atoms with Crippen LogP contribution in [-0.2, 0) is 6.61 Å². The van der Waals surface area contributed by atoms with Gasteiger partial charge in [-0.2, -0.15) is 0 Å². The van der Waals surface area contributed by atoms with Crippen molar-refractivity contribution in [3.63, 3.8) is 0 Å². The summed E-state index contributed by atoms with van der Waals surface area (Å²) >= 11 is 0. The molecule has 0 saturated carbocycles. The quantitative estimate of drug-likeness (QED) is 0.538. The smallest absolute Gasteiger partial charge is 0.331 e. The van der Waals surface area contributed by atoms with Gasteiger partial charge in [0, 0.05) is 24.5 Å². The molecule has 0 unspecified atom stereocenters. The average Bonchev–Trinajstić information content (AvgIpc) is 2.53. The molecular weight excluding hydrogens is 300 g/mol. The van der Waals surface area contributed by atoms with Crippen LogP contribution >= 0.6 is 0 Å². The number of aryl methyl sites for hydroxylation is 1. The van der Waals surface area contributed by atoms with Crippen molar-refractivity contribution in [3.05, 3.63) is 74.5 Å². The predicted molar refractivity (Wildman–Crippen MR) is 81.4 cm³/mol. The molecule has 23 heavy (non-hydrogen) atoms. The van der Waals surface area contributed by atoms with E-state index in [2.05, 4.69) is 9.97 Å². The first-order valence-corrected chi connectivity index (χ1v) is 6.76. The van der Waals surface area contributed by atoms with Gasteiger partial charge in [0.1, 0.15) is 12.3 Å². The maximum absolute atomic E-state index is 12.0. The van der Waals surface area contributed by atoms with Crippen LogP contribution in [0.4, 0.5) is 5.69 Å². The van der Waals surface area contributed by atoms with E-state index in [4.69, 9.17) is 4.74 Å². The molecule has 8 heteroatoms. The van der Waals surface area contributed by atoms with Crippen molar-refractivity contribution in [1.82, 2.24) is 14.4 Å². The van der Waals surface area contributed by atoms with Gasteiger partial charge in [-0.15, -0.1) is 0 Å². The number of nitrogens with zero attached hydrogens (tertiary/aromatic N) is 4. The molecule has 0 fully saturated rings. The summed E-state index contributed by atoms with van der Waals surface area (Å²) in [6.45, 7) is 1.62. The third-order valence-corrected chi connectivity index (χ3v) is 3.15. The summed E-state index contributed by atoms with van der Waals surface area (Å²) in [6.07, 6.45) is 3.09. The number of pyridine rings is 2. The third kappa shape index (κ3) is 3.00. The molecule has 0 bridgehead atoms. The third-order valence-electron chi connectivity index (χ3n) is 3.15. The fraction of sp³-hybridized carbons (Fsp3) is 0.133. The second-order valence-corrected chi connectivity index (χ2v) is 4.90. The fourth-order valence-corrected chi connectivity index (χ4v) is 2.10. The maximum Gasteiger partial charge on any atom is 0.331 e. The van der Waals surface area contributed by atoms with Gasteiger partial charge in [0.05, 0.1) is 10.6 Å². The summed E-state index contributed by atoms with van der Waals surface area (Å²) < 4.78 is 6.78. The van der Waals surface area contributed by atoms with Crippen molar-refractivity contribution in [1.29, 1.82) is 0 Å². The summed E-state index contributed by atoms with van der Waals surface area (Å²) in [4.78, 5) is 30.7. The Kier molecular flexibility index (Phi) is 3.71. The first-order chi connectivity index (χ1) is 11.0. The van der Waals surface area contributed by atoms with Gasteiger partial charge in [0.25, 0.3) is 11.4 Å². The Morgan fingerprint density at radius 1 is 1.35 bits per heavy atom. The number of fused-ring (bicyclic) bond motifs is 1. The molecule has 0 aromatic carbocycles. The summed E-state index contributed by atoms with van der Waals surface area (Å²) in [5.74, 6) is -0.101. The van der Waals surface area contributed by atoms with Crippen LogP contribution in [0, 0.1) is 17.0 Å². The van der Waals surface area contributed by atoms with Crippen LogP contribution in [0.5, 0.6) is 5.88 Å². The largest absolute Gasteiger partial charge is 0.466 e. The van der Waals surface area contributed by atoms with Gasteiger partial charge < -0.3 is 4.74 Å². The van der Waals surface area contributed by atoms with Gasteiger partial charge >= 0.3 is 5.69 Å². The minimum atomic E-state index is -0.558. The highest BCUT2D eigenvalue weighted by atomic mass is 16.6. The Morgan fingerprint density at radius 2 is 2.17 bits per heavy atom. The second-order valence-electron chi connectivity index (χ2n) is 4.90. The summed E-state index contributed by atoms with van der Waals surface area (Å²) in [7, 11) is 0. The molecule has 0 aliphatic carbocycles. The van der Waals surface area contributed by atoms with Crippen LogP contribution in [-0.4, -0.2) is 19.3 Å². The Morgan fingerprint density at radius 3 is 2.96 bits per heavy atom. The molecule has 3 rings (SSSR count). The van der Waals surface area contributed by atoms with Gasteiger partial charge in [-0.05, 0) is 24.6 Å². The molecule has 116 valence electrons. The standard InChI is InChI=1S/C15H12N4O4/c1-10-6-12(19(21)22)15(16-8-10)23-9-11-7-14(20)18-5-3-2-4-13(18)17-11/h2-8H,9H2,1H3. The molecule has 0 N–H and O–H groups in total. The van der Waals surface area contributed by atoms with Crippen molar-refractivity contribution in [2.75, 3.05) is 0 Å². The van der Waals surface area contributed by atoms with Crippen molar-refractivity contribution in [2.45, 2.75) is 13.5 Å². The summed E-state index contributed by atoms with van der Waals surface area (Å²) in [6, 6.07) is 7.89. The second kappa shape index (κ2) is 5.84. The molecule has 0 radical (unpaired) electrons. The fourth-order valence-electron chi connectivity index (χ4n) is 2.10. The molecule has 0 aliphatic rings. The topological polar surface area (TPSA) is 99.6 Å². The SMILES string of the molecule is Cc1cnc(OCc2cc(=O)n3ccccc3n2)c([N+](=O)[O-])c1. The Labute approximate surface area is 130 Å². The van der Waals surface area contributed by atoms with Crippen LogP contribution in [0.25, 0.3) is 5.65 Å². The highest BCUT2D eigenvalue weighted by Crippen LogP contribution is 2.25. The molecule has 0 amide bonds. The number of nitro groups is 1. The Bertz CT molecular complexity index is 952. The van der Waals surface area contributed by atoms with Crippen LogP contribution in [0.1, 0.15) is 11.3 Å². The van der Waals surface area contributed by atoms with Crippen LogP contribution in [0.15, 0.2) is 47.5 Å². The number of aromatic nitrogens is 3. The lowest BCUT2D eigenvalue weighted by molar-refractivity contribution is -0.386. The lowest BCUT2D eigenvalue weighted by Crippen LogP contribution is -2.16. The molecule has 8 nitrogen and oxygen atoms in total. The van der Waals surface area contributed by atoms with E-state index in [1.54, 1.807) is 31.3 Å². The average molecular weight is 312 g/mol. The zero-order valence-electron chi connectivity index (χ0n) is 12.2. The molecular formula is C15H12N4O4. The van der Waals surface area contributed by atoms with E-state index >= 15 is 0 Å². The van der Waals surface area contributed by atoms with Gasteiger partial charge in [0.15, 0.2) is 0 Å². The van der Waals surface area contributed by atoms with Crippen molar-refractivity contribution in [2.24, 2.45) is 0 Å². The molecule has 3 heterocycles. The minimum Gasteiger partial charge on any atom is -0.466 e. The highest BCUT2D eigenvalue weighted by Gasteiger charge is 2.17. The van der Waals surface area contributed by atoms with Crippen LogP contribution in [0.3, 0.4) is 0 Å². The first kappa shape index (κ1) is 14.6. The van der Waals surface area contributed by atoms with Gasteiger partial charge in [-0.1, -0.05) is 6.07 Å². The van der Waals surface area contributed by atoms with E-state index in [1.165, 1.54) is 22.7 Å². The summed E-state index contributed by atoms with van der Waals surface area (Å²) in [5, 5.41) is 11.0. The number of hydrogen-bond donors (Lipinski definition) is 0. The Hall–Kier alpha value is -3.29. The molecule has 3 aromatic rings. The van der Waals surface area contributed by atoms with Crippen LogP contribution < -0.4 is 10.3 Å². The van der Waals surface area contributed by atoms with E-state index in [-0.39, 0.29) is 23.7 Å². The first-order valence-electron chi connectivity index (χ1n) is 6.76. The predicted octanol–water partition coefficient (Wildman–Crippen LogP) is 1.89. The van der Waals surface area contributed by atoms with Crippen LogP contribution in [0.2, 0.25) is 0 Å². The monoisotopic (exact) mass is 312 g/mol. The minimum absolute atomic E-state index is 0.0858. The molecule has 0 atom stereocenters. The van der Waals surface area contributed by atoms with Gasteiger partial charge in [0.2, 0.25) is 0 Å². The zero-order valence-corrected chi connectivity index (χ0v) is 12.2. The van der Waals surface area contributed by atoms with E-state index in [0.717, 1.165) is 0 Å². The van der Waals surface area contributed by atoms with E-state index < -0.39 is 4.92 Å². The Balaban J connectivity index is 1.90. The van der Waals surface area contributed by atoms with Crippen molar-refractivity contribution in [3.8, 4) is 5.88 Å². The number of rotatable bonds is 4. The normalized spacial score (nSPS) is 10.7. The van der Waals surface area contributed by atoms with E-state index in [9.17, 15) is 14.9 Å². The van der Waals surface area contributed by atoms with Crippen molar-refractivity contribution < 1.29 is 9.66 Å². The van der Waals surface area contributed by atoms with E-state index in [0.29, 0.717) is 16.9 Å². The van der Waals surface area contributed by atoms with Gasteiger partial charge in [-0.25, -0.2) is 9.97 Å². The number of hydrogen-bond acceptors (Lipinski definition) is 6. The lowest BCUT2D eigenvalue weighted by Gasteiger charge is -2.07. The van der Waals surface area contributed by atoms with Gasteiger partial charge in [-0.3, -0.25) is 19.3 Å². The van der Waals surface area contributed by atoms with E-state index in [1.807, 2.05) is 0 Å². The lowest BCUT2D eigenvalue weighted by atomic mass is 10.3. The number of ether oxygens (including phenoxy) is 1.